The molecule has 0 aromatic carbocycles. The summed E-state index contributed by atoms with van der Waals surface area (Å²) in [4.78, 5) is 23.2. The van der Waals surface area contributed by atoms with E-state index in [0.717, 1.165) is 0 Å². The molecule has 0 aromatic rings. The molecule has 6 heteroatoms. The average molecular weight is 274 g/mol. The van der Waals surface area contributed by atoms with E-state index in [1.54, 1.807) is 41.5 Å². The molecule has 0 fully saturated rings. The van der Waals surface area contributed by atoms with Gasteiger partial charge in [0.25, 0.3) is 0 Å². The number of hydrogen-bond acceptors (Lipinski definition) is 4. The fourth-order valence-electron chi connectivity index (χ4n) is 1.08. The van der Waals surface area contributed by atoms with Crippen molar-refractivity contribution in [1.82, 2.24) is 10.6 Å². The monoisotopic (exact) mass is 274 g/mol. The highest BCUT2D eigenvalue weighted by molar-refractivity contribution is 5.97. The van der Waals surface area contributed by atoms with E-state index in [-0.39, 0.29) is 6.42 Å². The molecule has 6 nitrogen and oxygen atoms in total. The van der Waals surface area contributed by atoms with Gasteiger partial charge >= 0.3 is 0 Å². The molecule has 0 heterocycles. The van der Waals surface area contributed by atoms with E-state index in [2.05, 4.69) is 10.6 Å². The van der Waals surface area contributed by atoms with Gasteiger partial charge in [-0.25, -0.2) is 0 Å². The van der Waals surface area contributed by atoms with E-state index in [1.165, 1.54) is 0 Å². The van der Waals surface area contributed by atoms with E-state index < -0.39 is 35.1 Å². The zero-order valence-corrected chi connectivity index (χ0v) is 12.6. The summed E-state index contributed by atoms with van der Waals surface area (Å²) >= 11 is 0. The van der Waals surface area contributed by atoms with Gasteiger partial charge in [-0.05, 0) is 41.5 Å². The van der Waals surface area contributed by atoms with Crippen LogP contribution < -0.4 is 10.6 Å². The zero-order chi connectivity index (χ0) is 15.4. The lowest BCUT2D eigenvalue weighted by Crippen LogP contribution is -2.50. The van der Waals surface area contributed by atoms with Gasteiger partial charge in [-0.2, -0.15) is 0 Å². The molecule has 0 spiro atoms. The summed E-state index contributed by atoms with van der Waals surface area (Å²) in [6.07, 6.45) is -0.332. The van der Waals surface area contributed by atoms with Crippen molar-refractivity contribution >= 4 is 11.8 Å². The van der Waals surface area contributed by atoms with Crippen molar-refractivity contribution < 1.29 is 19.8 Å². The van der Waals surface area contributed by atoms with Crippen LogP contribution in [0.15, 0.2) is 0 Å². The van der Waals surface area contributed by atoms with Crippen LogP contribution >= 0.6 is 0 Å². The minimum absolute atomic E-state index is 0.332. The van der Waals surface area contributed by atoms with E-state index >= 15 is 0 Å². The first-order valence-corrected chi connectivity index (χ1v) is 6.37. The van der Waals surface area contributed by atoms with Gasteiger partial charge in [0.05, 0.1) is 23.3 Å². The fraction of sp³-hybridized carbons (Fsp3) is 0.846. The topological polar surface area (TPSA) is 98.7 Å². The van der Waals surface area contributed by atoms with E-state index in [9.17, 15) is 19.8 Å². The number of carbonyl (C=O) groups is 2. The van der Waals surface area contributed by atoms with Gasteiger partial charge in [0.2, 0.25) is 11.8 Å². The highest BCUT2D eigenvalue weighted by Crippen LogP contribution is 2.09. The smallest absolute Gasteiger partial charge is 0.229 e. The van der Waals surface area contributed by atoms with Gasteiger partial charge in [0, 0.05) is 0 Å². The zero-order valence-electron chi connectivity index (χ0n) is 12.6. The Balaban J connectivity index is 4.25. The van der Waals surface area contributed by atoms with Gasteiger partial charge in [0.1, 0.15) is 6.42 Å². The van der Waals surface area contributed by atoms with E-state index in [0.29, 0.717) is 0 Å². The van der Waals surface area contributed by atoms with Gasteiger partial charge < -0.3 is 20.8 Å². The van der Waals surface area contributed by atoms with Crippen LogP contribution in [0.2, 0.25) is 0 Å². The lowest BCUT2D eigenvalue weighted by Gasteiger charge is -2.28. The molecule has 0 saturated carbocycles. The number of nitrogens with one attached hydrogen (secondary N) is 2. The molecule has 0 aliphatic rings. The second-order valence-electron chi connectivity index (χ2n) is 6.06. The Morgan fingerprint density at radius 3 is 1.37 bits per heavy atom. The largest absolute Gasteiger partial charge is 0.388 e. The molecule has 19 heavy (non-hydrogen) atoms. The molecule has 2 amide bonds. The van der Waals surface area contributed by atoms with Crippen molar-refractivity contribution in [3.63, 3.8) is 0 Å². The first-order valence-electron chi connectivity index (χ1n) is 6.37. The predicted molar refractivity (Wildman–Crippen MR) is 72.4 cm³/mol. The number of hydrogen-bond donors (Lipinski definition) is 4. The van der Waals surface area contributed by atoms with Crippen LogP contribution in [0, 0.1) is 0 Å². The lowest BCUT2D eigenvalue weighted by atomic mass is 10.0. The maximum atomic E-state index is 11.6. The van der Waals surface area contributed by atoms with Crippen molar-refractivity contribution in [2.24, 2.45) is 0 Å². The Morgan fingerprint density at radius 1 is 0.895 bits per heavy atom. The Hall–Kier alpha value is -1.14. The number of aliphatic hydroxyl groups is 2. The summed E-state index contributed by atoms with van der Waals surface area (Å²) in [5, 5.41) is 24.4. The highest BCUT2D eigenvalue weighted by Gasteiger charge is 2.26. The average Bonchev–Trinajstić information content (AvgIpc) is 2.13. The van der Waals surface area contributed by atoms with E-state index in [4.69, 9.17) is 0 Å². The first kappa shape index (κ1) is 17.9. The minimum atomic E-state index is -1.05. The van der Waals surface area contributed by atoms with Crippen LogP contribution in [-0.2, 0) is 9.59 Å². The van der Waals surface area contributed by atoms with Crippen LogP contribution in [0.1, 0.15) is 48.0 Å². The van der Waals surface area contributed by atoms with Crippen molar-refractivity contribution in [1.29, 1.82) is 0 Å². The van der Waals surface area contributed by atoms with Crippen LogP contribution in [0.5, 0.6) is 0 Å². The van der Waals surface area contributed by atoms with Gasteiger partial charge in [-0.15, -0.1) is 0 Å². The molecule has 0 unspecified atom stereocenters. The first-order chi connectivity index (χ1) is 8.34. The van der Waals surface area contributed by atoms with Crippen molar-refractivity contribution in [3.8, 4) is 0 Å². The third-order valence-corrected chi connectivity index (χ3v) is 3.20. The van der Waals surface area contributed by atoms with Gasteiger partial charge in [-0.1, -0.05) is 0 Å². The molecule has 0 aliphatic carbocycles. The second kappa shape index (κ2) is 6.34. The summed E-state index contributed by atoms with van der Waals surface area (Å²) in [6.45, 7) is 9.63. The van der Waals surface area contributed by atoms with Crippen LogP contribution in [0.3, 0.4) is 0 Å². The Labute approximate surface area is 114 Å². The van der Waals surface area contributed by atoms with Crippen molar-refractivity contribution in [2.75, 3.05) is 0 Å². The van der Waals surface area contributed by atoms with Crippen molar-refractivity contribution in [2.45, 2.75) is 71.2 Å². The molecular weight excluding hydrogens is 248 g/mol. The molecule has 0 aliphatic heterocycles. The summed E-state index contributed by atoms with van der Waals surface area (Å²) < 4.78 is 0. The number of rotatable bonds is 6. The normalized spacial score (nSPS) is 15.6. The lowest BCUT2D eigenvalue weighted by molar-refractivity contribution is -0.131. The molecular formula is C13H26N2O4. The van der Waals surface area contributed by atoms with Crippen LogP contribution in [-0.4, -0.2) is 45.3 Å². The Bertz CT molecular complexity index is 297. The third kappa shape index (κ3) is 7.12. The summed E-state index contributed by atoms with van der Waals surface area (Å²) in [5.41, 5.74) is -2.10. The fourth-order valence-corrected chi connectivity index (χ4v) is 1.08. The minimum Gasteiger partial charge on any atom is -0.388 e. The maximum Gasteiger partial charge on any atom is 0.229 e. The summed E-state index contributed by atoms with van der Waals surface area (Å²) in [5.74, 6) is -0.926. The third-order valence-electron chi connectivity index (χ3n) is 3.20. The maximum absolute atomic E-state index is 11.6. The highest BCUT2D eigenvalue weighted by atomic mass is 16.3. The molecule has 0 saturated heterocycles. The predicted octanol–water partition coefficient (Wildman–Crippen LogP) is -0.0723. The molecule has 112 valence electrons. The molecule has 0 aromatic heterocycles. The summed E-state index contributed by atoms with van der Waals surface area (Å²) in [7, 11) is 0. The number of amides is 2. The SMILES string of the molecule is C[C@@H](NC(=O)CC(=O)N[C@H](C)C(C)(C)O)C(C)(C)O. The molecule has 2 atom stereocenters. The molecule has 0 radical (unpaired) electrons. The molecule has 4 N–H and O–H groups in total. The van der Waals surface area contributed by atoms with Crippen molar-refractivity contribution in [3.05, 3.63) is 0 Å². The van der Waals surface area contributed by atoms with Crippen LogP contribution in [0.25, 0.3) is 0 Å². The van der Waals surface area contributed by atoms with Crippen LogP contribution in [0.4, 0.5) is 0 Å². The standard InChI is InChI=1S/C13H26N2O4/c1-8(12(3,4)18)14-10(16)7-11(17)15-9(2)13(5,6)19/h8-9,18-19H,7H2,1-6H3,(H,14,16)(H,15,17)/t8-,9-/m1/s1. The molecule has 0 bridgehead atoms. The second-order valence-corrected chi connectivity index (χ2v) is 6.06. The quantitative estimate of drug-likeness (QED) is 0.509. The molecule has 0 rings (SSSR count). The number of carbonyl (C=O) groups excluding carboxylic acids is 2. The van der Waals surface area contributed by atoms with Gasteiger partial charge in [-0.3, -0.25) is 9.59 Å². The Morgan fingerprint density at radius 2 is 1.16 bits per heavy atom. The summed E-state index contributed by atoms with van der Waals surface area (Å²) in [6, 6.07) is -0.918. The van der Waals surface area contributed by atoms with Gasteiger partial charge in [0.15, 0.2) is 0 Å². The van der Waals surface area contributed by atoms with E-state index in [1.807, 2.05) is 0 Å². The Kier molecular flexibility index (Phi) is 5.96.